The molecule has 3 unspecified atom stereocenters. The summed E-state index contributed by atoms with van der Waals surface area (Å²) in [6, 6.07) is 4.92. The van der Waals surface area contributed by atoms with Crippen molar-refractivity contribution in [1.82, 2.24) is 20.9 Å². The van der Waals surface area contributed by atoms with Gasteiger partial charge in [0.15, 0.2) is 5.82 Å². The van der Waals surface area contributed by atoms with Crippen molar-refractivity contribution in [1.29, 1.82) is 5.26 Å². The van der Waals surface area contributed by atoms with Crippen molar-refractivity contribution in [3.05, 3.63) is 34.7 Å². The first-order valence-electron chi connectivity index (χ1n) is 11.6. The minimum atomic E-state index is -0.845. The number of rotatable bonds is 8. The Morgan fingerprint density at radius 3 is 2.68 bits per heavy atom. The van der Waals surface area contributed by atoms with Gasteiger partial charge >= 0.3 is 0 Å². The Labute approximate surface area is 200 Å². The van der Waals surface area contributed by atoms with E-state index < -0.39 is 29.7 Å². The molecule has 3 aliphatic rings. The number of fused-ring (bicyclic) bond motifs is 1. The Morgan fingerprint density at radius 1 is 1.26 bits per heavy atom. The number of aromatic amines is 1. The van der Waals surface area contributed by atoms with Gasteiger partial charge in [0.2, 0.25) is 11.8 Å². The maximum Gasteiger partial charge on any atom is 0.268 e. The first-order chi connectivity index (χ1) is 16.3. The summed E-state index contributed by atoms with van der Waals surface area (Å²) in [5.41, 5.74) is 0.130. The van der Waals surface area contributed by atoms with Crippen LogP contribution in [0.3, 0.4) is 0 Å². The average Bonchev–Trinajstić information content (AvgIpc) is 3.70. The number of nitriles is 1. The molecule has 2 aliphatic carbocycles. The van der Waals surface area contributed by atoms with Gasteiger partial charge in [-0.25, -0.2) is 4.39 Å². The van der Waals surface area contributed by atoms with E-state index in [1.807, 2.05) is 0 Å². The third-order valence-corrected chi connectivity index (χ3v) is 7.35. The van der Waals surface area contributed by atoms with Crippen molar-refractivity contribution in [2.45, 2.75) is 62.6 Å². The highest BCUT2D eigenvalue weighted by molar-refractivity contribution is 6.31. The Hall–Kier alpha value is -3.12. The molecule has 1 spiro atoms. The van der Waals surface area contributed by atoms with Gasteiger partial charge in [-0.05, 0) is 50.2 Å². The molecule has 0 bridgehead atoms. The molecule has 34 heavy (non-hydrogen) atoms. The van der Waals surface area contributed by atoms with Crippen molar-refractivity contribution >= 4 is 40.2 Å². The molecule has 10 heteroatoms. The highest BCUT2D eigenvalue weighted by Crippen LogP contribution is 2.46. The van der Waals surface area contributed by atoms with Gasteiger partial charge in [0.25, 0.3) is 5.91 Å². The Balaban J connectivity index is 1.26. The van der Waals surface area contributed by atoms with Crippen molar-refractivity contribution in [2.75, 3.05) is 0 Å². The zero-order valence-corrected chi connectivity index (χ0v) is 19.2. The van der Waals surface area contributed by atoms with E-state index in [1.165, 1.54) is 12.1 Å². The first-order valence-corrected chi connectivity index (χ1v) is 11.9. The quantitative estimate of drug-likeness (QED) is 0.458. The van der Waals surface area contributed by atoms with Gasteiger partial charge in [0.1, 0.15) is 17.8 Å². The van der Waals surface area contributed by atoms with Crippen LogP contribution >= 0.6 is 11.6 Å². The third-order valence-electron chi connectivity index (χ3n) is 7.06. The normalized spacial score (nSPS) is 22.1. The zero-order valence-electron chi connectivity index (χ0n) is 18.4. The number of nitrogens with zero attached hydrogens (tertiary/aromatic N) is 1. The lowest BCUT2D eigenvalue weighted by atomic mass is 9.95. The fourth-order valence-corrected chi connectivity index (χ4v) is 4.92. The molecule has 8 nitrogen and oxygen atoms in total. The standard InChI is InChI=1S/C24H25ClFN5O3/c25-16-4-3-13-9-18(29-20(13)19(16)26)23(34)30-17(7-12-1-2-12)22(33)28-15(11-27)8-14-10-24(5-6-24)31-21(14)32/h3-4,9,12,14-15,17,29H,1-2,5-8,10H2,(H,28,33)(H,30,34)(H,31,32). The number of halogens is 2. The molecule has 1 aromatic heterocycles. The number of nitrogens with one attached hydrogen (secondary N) is 4. The van der Waals surface area contributed by atoms with Crippen LogP contribution in [0.25, 0.3) is 10.9 Å². The summed E-state index contributed by atoms with van der Waals surface area (Å²) in [5.74, 6) is -1.71. The van der Waals surface area contributed by atoms with Crippen LogP contribution in [0.2, 0.25) is 5.02 Å². The molecule has 3 atom stereocenters. The summed E-state index contributed by atoms with van der Waals surface area (Å²) in [7, 11) is 0. The maximum atomic E-state index is 14.3. The number of benzene rings is 1. The van der Waals surface area contributed by atoms with Crippen molar-refractivity contribution in [2.24, 2.45) is 11.8 Å². The number of carbonyl (C=O) groups excluding carboxylic acids is 3. The maximum absolute atomic E-state index is 14.3. The molecule has 2 saturated carbocycles. The SMILES string of the molecule is N#CC(CC1CC2(CC2)NC1=O)NC(=O)C(CC1CC1)NC(=O)c1cc2ccc(Cl)c(F)c2[nH]1. The van der Waals surface area contributed by atoms with Crippen LogP contribution < -0.4 is 16.0 Å². The second-order valence-electron chi connectivity index (χ2n) is 9.81. The molecule has 2 heterocycles. The zero-order chi connectivity index (χ0) is 24.0. The van der Waals surface area contributed by atoms with Crippen molar-refractivity contribution in [3.8, 4) is 6.07 Å². The van der Waals surface area contributed by atoms with E-state index in [0.29, 0.717) is 24.1 Å². The molecule has 178 valence electrons. The predicted molar refractivity (Wildman–Crippen MR) is 122 cm³/mol. The van der Waals surface area contributed by atoms with E-state index in [0.717, 1.165) is 25.7 Å². The van der Waals surface area contributed by atoms with Crippen LogP contribution in [-0.2, 0) is 9.59 Å². The second kappa shape index (κ2) is 8.58. The number of carbonyl (C=O) groups is 3. The fourth-order valence-electron chi connectivity index (χ4n) is 4.77. The van der Waals surface area contributed by atoms with Crippen LogP contribution in [0.4, 0.5) is 4.39 Å². The molecular weight excluding hydrogens is 461 g/mol. The van der Waals surface area contributed by atoms with Crippen LogP contribution in [0.15, 0.2) is 18.2 Å². The number of hydrogen-bond acceptors (Lipinski definition) is 4. The van der Waals surface area contributed by atoms with Crippen LogP contribution in [0.1, 0.15) is 55.4 Å². The van der Waals surface area contributed by atoms with E-state index in [9.17, 15) is 24.0 Å². The van der Waals surface area contributed by atoms with Gasteiger partial charge in [-0.15, -0.1) is 0 Å². The number of amides is 3. The van der Waals surface area contributed by atoms with E-state index >= 15 is 0 Å². The number of aromatic nitrogens is 1. The molecule has 5 rings (SSSR count). The largest absolute Gasteiger partial charge is 0.350 e. The van der Waals surface area contributed by atoms with Crippen LogP contribution in [-0.4, -0.2) is 40.3 Å². The predicted octanol–water partition coefficient (Wildman–Crippen LogP) is 2.93. The third kappa shape index (κ3) is 4.60. The molecule has 3 fully saturated rings. The van der Waals surface area contributed by atoms with Crippen molar-refractivity contribution < 1.29 is 18.8 Å². The van der Waals surface area contributed by atoms with E-state index in [2.05, 4.69) is 27.0 Å². The topological polar surface area (TPSA) is 127 Å². The second-order valence-corrected chi connectivity index (χ2v) is 10.2. The van der Waals surface area contributed by atoms with E-state index in [1.54, 1.807) is 6.07 Å². The highest BCUT2D eigenvalue weighted by atomic mass is 35.5. The van der Waals surface area contributed by atoms with Gasteiger partial charge in [-0.2, -0.15) is 5.26 Å². The Kier molecular flexibility index (Phi) is 5.72. The Morgan fingerprint density at radius 2 is 2.03 bits per heavy atom. The summed E-state index contributed by atoms with van der Waals surface area (Å²) >= 11 is 5.82. The summed E-state index contributed by atoms with van der Waals surface area (Å²) < 4.78 is 14.3. The lowest BCUT2D eigenvalue weighted by Gasteiger charge is -2.21. The van der Waals surface area contributed by atoms with Gasteiger partial charge < -0.3 is 20.9 Å². The molecule has 1 aromatic carbocycles. The monoisotopic (exact) mass is 485 g/mol. The summed E-state index contributed by atoms with van der Waals surface area (Å²) in [5, 5.41) is 18.5. The molecule has 1 aliphatic heterocycles. The number of H-pyrrole nitrogens is 1. The first kappa shape index (κ1) is 22.7. The molecule has 0 radical (unpaired) electrons. The summed E-state index contributed by atoms with van der Waals surface area (Å²) in [6.45, 7) is 0. The number of hydrogen-bond donors (Lipinski definition) is 4. The van der Waals surface area contributed by atoms with Gasteiger partial charge in [-0.3, -0.25) is 14.4 Å². The average molecular weight is 486 g/mol. The van der Waals surface area contributed by atoms with Gasteiger partial charge in [0.05, 0.1) is 16.6 Å². The molecule has 4 N–H and O–H groups in total. The van der Waals surface area contributed by atoms with Crippen molar-refractivity contribution in [3.63, 3.8) is 0 Å². The smallest absolute Gasteiger partial charge is 0.268 e. The van der Waals surface area contributed by atoms with Crippen LogP contribution in [0, 0.1) is 29.0 Å². The highest BCUT2D eigenvalue weighted by Gasteiger charge is 2.52. The Bertz CT molecular complexity index is 1210. The molecular formula is C24H25ClFN5O3. The lowest BCUT2D eigenvalue weighted by Crippen LogP contribution is -2.50. The van der Waals surface area contributed by atoms with E-state index in [-0.39, 0.29) is 40.0 Å². The lowest BCUT2D eigenvalue weighted by molar-refractivity contribution is -0.125. The molecule has 1 saturated heterocycles. The summed E-state index contributed by atoms with van der Waals surface area (Å²) in [6.07, 6.45) is 5.23. The minimum absolute atomic E-state index is 0.0570. The van der Waals surface area contributed by atoms with Gasteiger partial charge in [0, 0.05) is 16.8 Å². The minimum Gasteiger partial charge on any atom is -0.350 e. The molecule has 2 aromatic rings. The van der Waals surface area contributed by atoms with Crippen LogP contribution in [0.5, 0.6) is 0 Å². The van der Waals surface area contributed by atoms with E-state index in [4.69, 9.17) is 11.6 Å². The molecule has 3 amide bonds. The van der Waals surface area contributed by atoms with Gasteiger partial charge in [-0.1, -0.05) is 30.5 Å². The fraction of sp³-hybridized carbons (Fsp3) is 0.500. The summed E-state index contributed by atoms with van der Waals surface area (Å²) in [4.78, 5) is 40.9.